The minimum atomic E-state index is -0.734. The summed E-state index contributed by atoms with van der Waals surface area (Å²) in [6.45, 7) is 2.14. The first-order valence-electron chi connectivity index (χ1n) is 6.56. The van der Waals surface area contributed by atoms with Gasteiger partial charge in [0.15, 0.2) is 0 Å². The molecule has 0 aromatic heterocycles. The van der Waals surface area contributed by atoms with Gasteiger partial charge >= 0.3 is 0 Å². The minimum absolute atomic E-state index is 0.734. The van der Waals surface area contributed by atoms with Crippen LogP contribution in [0.3, 0.4) is 0 Å². The van der Waals surface area contributed by atoms with E-state index in [2.05, 4.69) is 30.9 Å². The van der Waals surface area contributed by atoms with E-state index in [-0.39, 0.29) is 0 Å². The van der Waals surface area contributed by atoms with E-state index in [1.54, 1.807) is 0 Å². The molecule has 2 rings (SSSR count). The largest absolute Gasteiger partial charge is 0.378 e. The highest BCUT2D eigenvalue weighted by molar-refractivity contribution is 5.38. The first-order chi connectivity index (χ1) is 8.22. The Morgan fingerprint density at radius 3 is 2.35 bits per heavy atom. The molecule has 0 spiro atoms. The van der Waals surface area contributed by atoms with Crippen LogP contribution in [0.2, 0.25) is 0 Å². The van der Waals surface area contributed by atoms with Crippen molar-refractivity contribution in [1.82, 2.24) is 0 Å². The van der Waals surface area contributed by atoms with E-state index < -0.39 is 5.60 Å². The van der Waals surface area contributed by atoms with Crippen molar-refractivity contribution < 1.29 is 5.11 Å². The summed E-state index contributed by atoms with van der Waals surface area (Å²) in [5, 5.41) is 10.3. The highest BCUT2D eigenvalue weighted by Crippen LogP contribution is 2.27. The summed E-state index contributed by atoms with van der Waals surface area (Å²) in [5.41, 5.74) is 1.59. The molecule has 1 aliphatic carbocycles. The Balaban J connectivity index is 2.08. The van der Waals surface area contributed by atoms with E-state index in [1.807, 2.05) is 12.1 Å². The van der Waals surface area contributed by atoms with E-state index in [4.69, 9.17) is 0 Å². The van der Waals surface area contributed by atoms with Gasteiger partial charge in [-0.3, -0.25) is 0 Å². The molecule has 1 saturated carbocycles. The number of benzene rings is 1. The lowest BCUT2D eigenvalue weighted by molar-refractivity contribution is 0.0610. The van der Waals surface area contributed by atoms with Crippen LogP contribution >= 0.6 is 0 Å². The fourth-order valence-electron chi connectivity index (χ4n) is 2.27. The maximum absolute atomic E-state index is 10.3. The van der Waals surface area contributed by atoms with Crippen LogP contribution in [0.5, 0.6) is 0 Å². The second-order valence-corrected chi connectivity index (χ2v) is 4.89. The average molecular weight is 228 g/mol. The Morgan fingerprint density at radius 1 is 1.12 bits per heavy atom. The Bertz CT molecular complexity index is 413. The Hall–Kier alpha value is -1.26. The number of aryl methyl sites for hydroxylation is 1. The molecule has 0 radical (unpaired) electrons. The van der Waals surface area contributed by atoms with Gasteiger partial charge in [0.05, 0.1) is 0 Å². The van der Waals surface area contributed by atoms with Crippen LogP contribution in [-0.2, 0) is 6.42 Å². The lowest BCUT2D eigenvalue weighted by Crippen LogP contribution is -2.29. The second-order valence-electron chi connectivity index (χ2n) is 4.89. The van der Waals surface area contributed by atoms with Crippen molar-refractivity contribution in [2.45, 2.75) is 51.0 Å². The molecule has 0 unspecified atom stereocenters. The van der Waals surface area contributed by atoms with Crippen LogP contribution in [0.4, 0.5) is 0 Å². The summed E-state index contributed by atoms with van der Waals surface area (Å²) < 4.78 is 0. The van der Waals surface area contributed by atoms with Gasteiger partial charge in [-0.1, -0.05) is 37.3 Å². The molecule has 0 atom stereocenters. The van der Waals surface area contributed by atoms with Gasteiger partial charge in [-0.2, -0.15) is 0 Å². The molecule has 1 fully saturated rings. The topological polar surface area (TPSA) is 20.2 Å². The quantitative estimate of drug-likeness (QED) is 0.731. The summed E-state index contributed by atoms with van der Waals surface area (Å²) in [6, 6.07) is 8.29. The SMILES string of the molecule is CCc1ccc(C#CC2(O)CCCCC2)cc1. The van der Waals surface area contributed by atoms with Gasteiger partial charge in [0.2, 0.25) is 0 Å². The first-order valence-corrected chi connectivity index (χ1v) is 6.56. The van der Waals surface area contributed by atoms with Gasteiger partial charge in [-0.15, -0.1) is 0 Å². The zero-order chi connectivity index (χ0) is 12.1. The number of hydrogen-bond acceptors (Lipinski definition) is 1. The average Bonchev–Trinajstić information content (AvgIpc) is 2.38. The molecule has 0 bridgehead atoms. The van der Waals surface area contributed by atoms with Crippen molar-refractivity contribution >= 4 is 0 Å². The molecule has 17 heavy (non-hydrogen) atoms. The lowest BCUT2D eigenvalue weighted by Gasteiger charge is -2.26. The van der Waals surface area contributed by atoms with E-state index in [1.165, 1.54) is 12.0 Å². The van der Waals surface area contributed by atoms with Gasteiger partial charge in [0, 0.05) is 5.56 Å². The fourth-order valence-corrected chi connectivity index (χ4v) is 2.27. The second kappa shape index (κ2) is 5.38. The third kappa shape index (κ3) is 3.35. The standard InChI is InChI=1S/C16H20O/c1-2-14-6-8-15(9-7-14)10-13-16(17)11-4-3-5-12-16/h6-9,17H,2-5,11-12H2,1H3. The summed E-state index contributed by atoms with van der Waals surface area (Å²) in [5.74, 6) is 6.16. The molecule has 1 aromatic carbocycles. The van der Waals surface area contributed by atoms with Gasteiger partial charge in [-0.25, -0.2) is 0 Å². The monoisotopic (exact) mass is 228 g/mol. The Kier molecular flexibility index (Phi) is 3.86. The first kappa shape index (κ1) is 12.2. The molecule has 1 nitrogen and oxygen atoms in total. The van der Waals surface area contributed by atoms with Crippen molar-refractivity contribution in [1.29, 1.82) is 0 Å². The van der Waals surface area contributed by atoms with Crippen LogP contribution in [0.25, 0.3) is 0 Å². The maximum Gasteiger partial charge on any atom is 0.125 e. The molecule has 1 aliphatic rings. The third-order valence-electron chi connectivity index (χ3n) is 3.48. The van der Waals surface area contributed by atoms with E-state index in [0.29, 0.717) is 0 Å². The molecule has 0 amide bonds. The zero-order valence-electron chi connectivity index (χ0n) is 10.5. The molecule has 0 saturated heterocycles. The maximum atomic E-state index is 10.3. The van der Waals surface area contributed by atoms with Crippen LogP contribution in [0.15, 0.2) is 24.3 Å². The minimum Gasteiger partial charge on any atom is -0.378 e. The smallest absolute Gasteiger partial charge is 0.125 e. The molecule has 0 aliphatic heterocycles. The summed E-state index contributed by atoms with van der Waals surface area (Å²) in [6.07, 6.45) is 6.13. The van der Waals surface area contributed by atoms with E-state index in [9.17, 15) is 5.11 Å². The van der Waals surface area contributed by atoms with Gasteiger partial charge < -0.3 is 5.11 Å². The molecule has 0 heterocycles. The van der Waals surface area contributed by atoms with Crippen molar-refractivity contribution in [2.24, 2.45) is 0 Å². The van der Waals surface area contributed by atoms with Crippen LogP contribution in [-0.4, -0.2) is 10.7 Å². The third-order valence-corrected chi connectivity index (χ3v) is 3.48. The Morgan fingerprint density at radius 2 is 1.76 bits per heavy atom. The van der Waals surface area contributed by atoms with Gasteiger partial charge in [0.1, 0.15) is 5.60 Å². The highest BCUT2D eigenvalue weighted by atomic mass is 16.3. The van der Waals surface area contributed by atoms with E-state index in [0.717, 1.165) is 37.7 Å². The van der Waals surface area contributed by atoms with Crippen LogP contribution in [0, 0.1) is 11.8 Å². The molecular weight excluding hydrogens is 208 g/mol. The van der Waals surface area contributed by atoms with Crippen molar-refractivity contribution in [3.8, 4) is 11.8 Å². The summed E-state index contributed by atoms with van der Waals surface area (Å²) in [7, 11) is 0. The molecule has 1 aromatic rings. The normalized spacial score (nSPS) is 18.2. The number of hydrogen-bond donors (Lipinski definition) is 1. The zero-order valence-corrected chi connectivity index (χ0v) is 10.5. The number of rotatable bonds is 1. The summed E-state index contributed by atoms with van der Waals surface area (Å²) >= 11 is 0. The van der Waals surface area contributed by atoms with Crippen molar-refractivity contribution in [3.05, 3.63) is 35.4 Å². The van der Waals surface area contributed by atoms with Gasteiger partial charge in [-0.05, 0) is 49.8 Å². The molecular formula is C16H20O. The van der Waals surface area contributed by atoms with Gasteiger partial charge in [0.25, 0.3) is 0 Å². The number of aliphatic hydroxyl groups is 1. The molecule has 90 valence electrons. The molecule has 1 heteroatoms. The van der Waals surface area contributed by atoms with E-state index >= 15 is 0 Å². The predicted molar refractivity (Wildman–Crippen MR) is 70.7 cm³/mol. The van der Waals surface area contributed by atoms with Crippen molar-refractivity contribution in [2.75, 3.05) is 0 Å². The predicted octanol–water partition coefficient (Wildman–Crippen LogP) is 3.30. The highest BCUT2D eigenvalue weighted by Gasteiger charge is 2.26. The van der Waals surface area contributed by atoms with Crippen molar-refractivity contribution in [3.63, 3.8) is 0 Å². The van der Waals surface area contributed by atoms with Crippen LogP contribution in [0.1, 0.15) is 50.2 Å². The fraction of sp³-hybridized carbons (Fsp3) is 0.500. The Labute approximate surface area is 104 Å². The van der Waals surface area contributed by atoms with Crippen LogP contribution < -0.4 is 0 Å². The molecule has 1 N–H and O–H groups in total. The summed E-state index contributed by atoms with van der Waals surface area (Å²) in [4.78, 5) is 0. The lowest BCUT2D eigenvalue weighted by atomic mass is 9.85.